The molecule has 0 radical (unpaired) electrons. The SMILES string of the molecule is CNC(c1ccccc1)c1nnc(-c2c[nH]ccc2=O)o1. The molecule has 1 aromatic carbocycles. The summed E-state index contributed by atoms with van der Waals surface area (Å²) in [6.45, 7) is 0. The lowest BCUT2D eigenvalue weighted by molar-refractivity contribution is 0.456. The van der Waals surface area contributed by atoms with Crippen LogP contribution in [0, 0.1) is 0 Å². The number of nitrogens with one attached hydrogen (secondary N) is 2. The van der Waals surface area contributed by atoms with Crippen LogP contribution in [0.1, 0.15) is 17.5 Å². The Labute approximate surface area is 120 Å². The Kier molecular flexibility index (Phi) is 3.61. The molecule has 3 aromatic rings. The largest absolute Gasteiger partial charge is 0.418 e. The smallest absolute Gasteiger partial charge is 0.253 e. The highest BCUT2D eigenvalue weighted by Gasteiger charge is 2.20. The van der Waals surface area contributed by atoms with Gasteiger partial charge in [0.25, 0.3) is 5.89 Å². The normalized spacial score (nSPS) is 12.2. The van der Waals surface area contributed by atoms with Crippen molar-refractivity contribution in [1.82, 2.24) is 20.5 Å². The molecule has 6 nitrogen and oxygen atoms in total. The third kappa shape index (κ3) is 2.61. The zero-order chi connectivity index (χ0) is 14.7. The van der Waals surface area contributed by atoms with Crippen LogP contribution in [0.15, 0.2) is 58.0 Å². The molecule has 1 atom stereocenters. The molecule has 21 heavy (non-hydrogen) atoms. The number of aromatic nitrogens is 3. The van der Waals surface area contributed by atoms with Gasteiger partial charge in [0.2, 0.25) is 5.89 Å². The van der Waals surface area contributed by atoms with E-state index in [1.165, 1.54) is 6.07 Å². The molecule has 0 aliphatic heterocycles. The molecular weight excluding hydrogens is 268 g/mol. The number of hydrogen-bond donors (Lipinski definition) is 2. The van der Waals surface area contributed by atoms with Crippen LogP contribution >= 0.6 is 0 Å². The summed E-state index contributed by atoms with van der Waals surface area (Å²) in [6, 6.07) is 11.0. The lowest BCUT2D eigenvalue weighted by atomic mass is 10.1. The van der Waals surface area contributed by atoms with Gasteiger partial charge in [0.1, 0.15) is 11.6 Å². The molecule has 6 heteroatoms. The molecule has 2 aromatic heterocycles. The Morgan fingerprint density at radius 2 is 2.00 bits per heavy atom. The second-order valence-corrected chi connectivity index (χ2v) is 4.50. The van der Waals surface area contributed by atoms with Crippen molar-refractivity contribution >= 4 is 0 Å². The van der Waals surface area contributed by atoms with E-state index in [9.17, 15) is 4.79 Å². The van der Waals surface area contributed by atoms with Crippen LogP contribution < -0.4 is 10.7 Å². The van der Waals surface area contributed by atoms with Crippen LogP contribution in [0.5, 0.6) is 0 Å². The van der Waals surface area contributed by atoms with Crippen LogP contribution in [0.25, 0.3) is 11.5 Å². The predicted molar refractivity (Wildman–Crippen MR) is 77.7 cm³/mol. The molecule has 0 bridgehead atoms. The van der Waals surface area contributed by atoms with E-state index in [0.717, 1.165) is 5.56 Å². The van der Waals surface area contributed by atoms with E-state index < -0.39 is 0 Å². The van der Waals surface area contributed by atoms with Crippen LogP contribution in [-0.4, -0.2) is 22.2 Å². The maximum atomic E-state index is 11.8. The number of H-pyrrole nitrogens is 1. The molecule has 0 saturated carbocycles. The number of aromatic amines is 1. The third-order valence-electron chi connectivity index (χ3n) is 3.16. The fourth-order valence-electron chi connectivity index (χ4n) is 2.12. The van der Waals surface area contributed by atoms with Crippen molar-refractivity contribution in [3.63, 3.8) is 0 Å². The number of pyridine rings is 1. The summed E-state index contributed by atoms with van der Waals surface area (Å²) < 4.78 is 5.65. The monoisotopic (exact) mass is 282 g/mol. The van der Waals surface area contributed by atoms with Gasteiger partial charge in [0.05, 0.1) is 0 Å². The van der Waals surface area contributed by atoms with Crippen molar-refractivity contribution in [1.29, 1.82) is 0 Å². The molecule has 0 aliphatic carbocycles. The van der Waals surface area contributed by atoms with E-state index in [1.807, 2.05) is 37.4 Å². The van der Waals surface area contributed by atoms with Gasteiger partial charge in [-0.25, -0.2) is 0 Å². The summed E-state index contributed by atoms with van der Waals surface area (Å²) in [4.78, 5) is 14.6. The van der Waals surface area contributed by atoms with Gasteiger partial charge in [-0.05, 0) is 12.6 Å². The van der Waals surface area contributed by atoms with Crippen molar-refractivity contribution in [3.05, 3.63) is 70.5 Å². The molecule has 0 spiro atoms. The first kappa shape index (κ1) is 13.3. The van der Waals surface area contributed by atoms with E-state index in [1.54, 1.807) is 12.4 Å². The van der Waals surface area contributed by atoms with Crippen molar-refractivity contribution in [3.8, 4) is 11.5 Å². The van der Waals surface area contributed by atoms with Crippen molar-refractivity contribution in [2.75, 3.05) is 7.05 Å². The van der Waals surface area contributed by atoms with Gasteiger partial charge < -0.3 is 14.7 Å². The number of nitrogens with zero attached hydrogens (tertiary/aromatic N) is 2. The molecule has 0 aliphatic rings. The second kappa shape index (κ2) is 5.72. The highest BCUT2D eigenvalue weighted by Crippen LogP contribution is 2.22. The first-order valence-electron chi connectivity index (χ1n) is 6.52. The molecule has 3 rings (SSSR count). The number of rotatable bonds is 4. The van der Waals surface area contributed by atoms with Crippen LogP contribution in [-0.2, 0) is 0 Å². The van der Waals surface area contributed by atoms with Gasteiger partial charge in [0, 0.05) is 18.5 Å². The first-order chi connectivity index (χ1) is 10.3. The molecular formula is C15H14N4O2. The number of hydrogen-bond acceptors (Lipinski definition) is 5. The summed E-state index contributed by atoms with van der Waals surface area (Å²) in [7, 11) is 1.82. The maximum absolute atomic E-state index is 11.8. The molecule has 106 valence electrons. The third-order valence-corrected chi connectivity index (χ3v) is 3.16. The fourth-order valence-corrected chi connectivity index (χ4v) is 2.12. The Morgan fingerprint density at radius 3 is 2.71 bits per heavy atom. The van der Waals surface area contributed by atoms with Crippen LogP contribution in [0.2, 0.25) is 0 Å². The Balaban J connectivity index is 1.98. The topological polar surface area (TPSA) is 83.8 Å². The van der Waals surface area contributed by atoms with Crippen molar-refractivity contribution in [2.24, 2.45) is 0 Å². The van der Waals surface area contributed by atoms with Crippen LogP contribution in [0.4, 0.5) is 0 Å². The molecule has 0 amide bonds. The van der Waals surface area contributed by atoms with Gasteiger partial charge in [-0.1, -0.05) is 30.3 Å². The van der Waals surface area contributed by atoms with Crippen LogP contribution in [0.3, 0.4) is 0 Å². The van der Waals surface area contributed by atoms with Gasteiger partial charge in [0.15, 0.2) is 5.43 Å². The highest BCUT2D eigenvalue weighted by molar-refractivity contribution is 5.50. The summed E-state index contributed by atoms with van der Waals surface area (Å²) >= 11 is 0. The lowest BCUT2D eigenvalue weighted by Gasteiger charge is -2.11. The quantitative estimate of drug-likeness (QED) is 0.761. The maximum Gasteiger partial charge on any atom is 0.253 e. The summed E-state index contributed by atoms with van der Waals surface area (Å²) in [5.41, 5.74) is 1.21. The summed E-state index contributed by atoms with van der Waals surface area (Å²) in [6.07, 6.45) is 3.11. The average Bonchev–Trinajstić information content (AvgIpc) is 2.99. The highest BCUT2D eigenvalue weighted by atomic mass is 16.4. The molecule has 2 N–H and O–H groups in total. The number of benzene rings is 1. The fraction of sp³-hybridized carbons (Fsp3) is 0.133. The van der Waals surface area contributed by atoms with Gasteiger partial charge in [-0.15, -0.1) is 10.2 Å². The first-order valence-corrected chi connectivity index (χ1v) is 6.52. The van der Waals surface area contributed by atoms with E-state index in [4.69, 9.17) is 4.42 Å². The lowest BCUT2D eigenvalue weighted by Crippen LogP contribution is -2.17. The molecule has 0 fully saturated rings. The average molecular weight is 282 g/mol. The standard InChI is InChI=1S/C15H14N4O2/c1-16-13(10-5-3-2-4-6-10)15-19-18-14(21-15)11-9-17-8-7-12(11)20/h2-9,13,16H,1H3,(H,17,20). The Morgan fingerprint density at radius 1 is 1.19 bits per heavy atom. The zero-order valence-electron chi connectivity index (χ0n) is 11.4. The van der Waals surface area contributed by atoms with Crippen molar-refractivity contribution < 1.29 is 4.42 Å². The second-order valence-electron chi connectivity index (χ2n) is 4.50. The predicted octanol–water partition coefficient (Wildman–Crippen LogP) is 1.73. The van der Waals surface area contributed by atoms with Gasteiger partial charge >= 0.3 is 0 Å². The minimum atomic E-state index is -0.213. The zero-order valence-corrected chi connectivity index (χ0v) is 11.4. The van der Waals surface area contributed by atoms with E-state index >= 15 is 0 Å². The van der Waals surface area contributed by atoms with E-state index in [0.29, 0.717) is 11.5 Å². The van der Waals surface area contributed by atoms with E-state index in [2.05, 4.69) is 20.5 Å². The Hall–Kier alpha value is -2.73. The Bertz CT molecular complexity index is 779. The molecule has 0 saturated heterocycles. The minimum Gasteiger partial charge on any atom is -0.418 e. The van der Waals surface area contributed by atoms with Crippen molar-refractivity contribution in [2.45, 2.75) is 6.04 Å². The minimum absolute atomic E-state index is 0.162. The molecule has 2 heterocycles. The van der Waals surface area contributed by atoms with Gasteiger partial charge in [-0.3, -0.25) is 4.79 Å². The summed E-state index contributed by atoms with van der Waals surface area (Å²) in [5.74, 6) is 0.630. The summed E-state index contributed by atoms with van der Waals surface area (Å²) in [5, 5.41) is 11.1. The van der Waals surface area contributed by atoms with E-state index in [-0.39, 0.29) is 17.4 Å². The van der Waals surface area contributed by atoms with Gasteiger partial charge in [-0.2, -0.15) is 0 Å². The molecule has 1 unspecified atom stereocenters.